The Morgan fingerprint density at radius 1 is 1.23 bits per heavy atom. The molecular weight excluding hydrogens is 402 g/mol. The Labute approximate surface area is 158 Å². The van der Waals surface area contributed by atoms with Gasteiger partial charge in [-0.15, -0.1) is 0 Å². The van der Waals surface area contributed by atoms with Crippen LogP contribution in [0.25, 0.3) is 0 Å². The number of rotatable bonds is 5. The molecule has 0 aliphatic carbocycles. The first-order valence-electron chi connectivity index (χ1n) is 7.98. The van der Waals surface area contributed by atoms with Gasteiger partial charge in [-0.25, -0.2) is 9.59 Å². The van der Waals surface area contributed by atoms with E-state index in [2.05, 4.69) is 21.2 Å². The summed E-state index contributed by atoms with van der Waals surface area (Å²) in [4.78, 5) is 35.7. The summed E-state index contributed by atoms with van der Waals surface area (Å²) in [6, 6.07) is 11.5. The second-order valence-electron chi connectivity index (χ2n) is 5.96. The molecule has 0 saturated carbocycles. The lowest BCUT2D eigenvalue weighted by Crippen LogP contribution is -2.47. The van der Waals surface area contributed by atoms with E-state index in [-0.39, 0.29) is 30.1 Å². The number of halogens is 1. The standard InChI is InChI=1S/C19H16BrNO5/c20-10-13-7-12-8-15(19(25)26-16(12)9-14(13)18(23)24)21-17(22)6-11-4-2-1-3-5-11/h1-5,7,9,15H,6,8,10H2,(H,21,22)(H,23,24). The van der Waals surface area contributed by atoms with Crippen LogP contribution in [0.4, 0.5) is 0 Å². The third-order valence-electron chi connectivity index (χ3n) is 4.12. The zero-order chi connectivity index (χ0) is 18.7. The van der Waals surface area contributed by atoms with Gasteiger partial charge in [-0.1, -0.05) is 52.3 Å². The maximum Gasteiger partial charge on any atom is 0.336 e. The van der Waals surface area contributed by atoms with Gasteiger partial charge in [0.25, 0.3) is 0 Å². The number of esters is 1. The summed E-state index contributed by atoms with van der Waals surface area (Å²) in [6.45, 7) is 0. The maximum absolute atomic E-state index is 12.2. The van der Waals surface area contributed by atoms with Crippen LogP contribution in [0, 0.1) is 0 Å². The molecule has 0 bridgehead atoms. The van der Waals surface area contributed by atoms with Crippen LogP contribution in [-0.2, 0) is 27.8 Å². The number of carbonyl (C=O) groups excluding carboxylic acids is 2. The normalized spacial score (nSPS) is 15.7. The number of benzene rings is 2. The number of alkyl halides is 1. The minimum absolute atomic E-state index is 0.0833. The van der Waals surface area contributed by atoms with Crippen molar-refractivity contribution in [2.24, 2.45) is 0 Å². The van der Waals surface area contributed by atoms with E-state index in [0.29, 0.717) is 16.5 Å². The van der Waals surface area contributed by atoms with Gasteiger partial charge >= 0.3 is 11.9 Å². The molecule has 6 nitrogen and oxygen atoms in total. The molecule has 0 fully saturated rings. The molecule has 0 aromatic heterocycles. The van der Waals surface area contributed by atoms with Crippen molar-refractivity contribution < 1.29 is 24.2 Å². The van der Waals surface area contributed by atoms with Gasteiger partial charge in [0.1, 0.15) is 11.8 Å². The van der Waals surface area contributed by atoms with Gasteiger partial charge in [0.05, 0.1) is 12.0 Å². The minimum Gasteiger partial charge on any atom is -0.478 e. The van der Waals surface area contributed by atoms with Crippen molar-refractivity contribution in [3.05, 3.63) is 64.7 Å². The highest BCUT2D eigenvalue weighted by Gasteiger charge is 2.31. The van der Waals surface area contributed by atoms with Gasteiger partial charge in [-0.05, 0) is 22.8 Å². The van der Waals surface area contributed by atoms with E-state index in [1.54, 1.807) is 6.07 Å². The van der Waals surface area contributed by atoms with E-state index >= 15 is 0 Å². The third-order valence-corrected chi connectivity index (χ3v) is 4.73. The predicted molar refractivity (Wildman–Crippen MR) is 97.4 cm³/mol. The van der Waals surface area contributed by atoms with E-state index in [0.717, 1.165) is 5.56 Å². The number of amides is 1. The molecule has 1 amide bonds. The molecule has 26 heavy (non-hydrogen) atoms. The van der Waals surface area contributed by atoms with Crippen molar-refractivity contribution in [3.63, 3.8) is 0 Å². The van der Waals surface area contributed by atoms with Crippen LogP contribution in [0.2, 0.25) is 0 Å². The van der Waals surface area contributed by atoms with Crippen molar-refractivity contribution in [2.45, 2.75) is 24.2 Å². The van der Waals surface area contributed by atoms with E-state index < -0.39 is 18.0 Å². The fourth-order valence-electron chi connectivity index (χ4n) is 2.86. The van der Waals surface area contributed by atoms with Crippen LogP contribution in [0.5, 0.6) is 5.75 Å². The highest BCUT2D eigenvalue weighted by molar-refractivity contribution is 9.08. The van der Waals surface area contributed by atoms with Gasteiger partial charge < -0.3 is 15.2 Å². The van der Waals surface area contributed by atoms with Crippen LogP contribution in [0.1, 0.15) is 27.0 Å². The molecule has 1 aliphatic heterocycles. The fraction of sp³-hybridized carbons (Fsp3) is 0.211. The van der Waals surface area contributed by atoms with Crippen molar-refractivity contribution in [1.29, 1.82) is 0 Å². The molecule has 2 aromatic rings. The van der Waals surface area contributed by atoms with Crippen molar-refractivity contribution in [3.8, 4) is 5.75 Å². The molecular formula is C19H16BrNO5. The lowest BCUT2D eigenvalue weighted by Gasteiger charge is -2.25. The van der Waals surface area contributed by atoms with Gasteiger partial charge in [-0.3, -0.25) is 4.79 Å². The van der Waals surface area contributed by atoms with Crippen molar-refractivity contribution in [2.75, 3.05) is 0 Å². The Hall–Kier alpha value is -2.67. The summed E-state index contributed by atoms with van der Waals surface area (Å²) in [5.41, 5.74) is 2.21. The number of ether oxygens (including phenoxy) is 1. The van der Waals surface area contributed by atoms with Crippen molar-refractivity contribution in [1.82, 2.24) is 5.32 Å². The number of carbonyl (C=O) groups is 3. The molecule has 0 radical (unpaired) electrons. The van der Waals surface area contributed by atoms with Gasteiger partial charge in [0, 0.05) is 11.8 Å². The summed E-state index contributed by atoms with van der Waals surface area (Å²) in [5, 5.41) is 12.3. The van der Waals surface area contributed by atoms with Crippen LogP contribution in [0.3, 0.4) is 0 Å². The van der Waals surface area contributed by atoms with E-state index in [4.69, 9.17) is 4.74 Å². The quantitative estimate of drug-likeness (QED) is 0.442. The van der Waals surface area contributed by atoms with Gasteiger partial charge in [-0.2, -0.15) is 0 Å². The molecule has 134 valence electrons. The Kier molecular flexibility index (Phi) is 5.37. The van der Waals surface area contributed by atoms with Crippen LogP contribution in [0.15, 0.2) is 42.5 Å². The van der Waals surface area contributed by atoms with E-state index in [1.807, 2.05) is 30.3 Å². The number of carboxylic acids is 1. The average molecular weight is 418 g/mol. The summed E-state index contributed by atoms with van der Waals surface area (Å²) < 4.78 is 5.25. The first-order valence-corrected chi connectivity index (χ1v) is 9.10. The SMILES string of the molecule is O=C(Cc1ccccc1)NC1Cc2cc(CBr)c(C(=O)O)cc2OC1=O. The lowest BCUT2D eigenvalue weighted by molar-refractivity contribution is -0.140. The monoisotopic (exact) mass is 417 g/mol. The Morgan fingerprint density at radius 3 is 2.62 bits per heavy atom. The molecule has 0 saturated heterocycles. The molecule has 1 unspecified atom stereocenters. The number of nitrogens with one attached hydrogen (secondary N) is 1. The van der Waals surface area contributed by atoms with Gasteiger partial charge in [0.15, 0.2) is 0 Å². The van der Waals surface area contributed by atoms with E-state index in [9.17, 15) is 19.5 Å². The third kappa shape index (κ3) is 3.94. The van der Waals surface area contributed by atoms with E-state index in [1.165, 1.54) is 6.07 Å². The molecule has 7 heteroatoms. The van der Waals surface area contributed by atoms with Crippen LogP contribution in [-0.4, -0.2) is 29.0 Å². The largest absolute Gasteiger partial charge is 0.478 e. The highest BCUT2D eigenvalue weighted by atomic mass is 79.9. The molecule has 2 aromatic carbocycles. The second kappa shape index (κ2) is 7.70. The number of fused-ring (bicyclic) bond motifs is 1. The average Bonchev–Trinajstić information content (AvgIpc) is 2.62. The minimum atomic E-state index is -1.09. The first-order chi connectivity index (χ1) is 12.5. The second-order valence-corrected chi connectivity index (χ2v) is 6.52. The maximum atomic E-state index is 12.2. The zero-order valence-electron chi connectivity index (χ0n) is 13.7. The molecule has 1 aliphatic rings. The highest BCUT2D eigenvalue weighted by Crippen LogP contribution is 2.30. The Balaban J connectivity index is 1.76. The van der Waals surface area contributed by atoms with Crippen molar-refractivity contribution >= 4 is 33.8 Å². The Morgan fingerprint density at radius 2 is 1.96 bits per heavy atom. The van der Waals surface area contributed by atoms with Crippen LogP contribution >= 0.6 is 15.9 Å². The molecule has 1 atom stereocenters. The fourth-order valence-corrected chi connectivity index (χ4v) is 3.32. The first kappa shape index (κ1) is 18.1. The Bertz CT molecular complexity index is 866. The van der Waals surface area contributed by atoms with Crippen LogP contribution < -0.4 is 10.1 Å². The summed E-state index contributed by atoms with van der Waals surface area (Å²) in [7, 11) is 0. The summed E-state index contributed by atoms with van der Waals surface area (Å²) >= 11 is 3.27. The summed E-state index contributed by atoms with van der Waals surface area (Å²) in [5.74, 6) is -1.73. The predicted octanol–water partition coefficient (Wildman–Crippen LogP) is 2.47. The molecule has 0 spiro atoms. The molecule has 1 heterocycles. The summed E-state index contributed by atoms with van der Waals surface area (Å²) in [6.07, 6.45) is 0.427. The van der Waals surface area contributed by atoms with Gasteiger partial charge in [0.2, 0.25) is 5.91 Å². The molecule has 2 N–H and O–H groups in total. The molecule has 3 rings (SSSR count). The number of hydrogen-bond acceptors (Lipinski definition) is 4. The topological polar surface area (TPSA) is 92.7 Å². The number of aromatic carboxylic acids is 1. The number of hydrogen-bond donors (Lipinski definition) is 2. The number of carboxylic acid groups (broad SMARTS) is 1. The lowest BCUT2D eigenvalue weighted by atomic mass is 9.96. The zero-order valence-corrected chi connectivity index (χ0v) is 15.3. The smallest absolute Gasteiger partial charge is 0.336 e.